The molecule has 6 rings (SSSR count). The van der Waals surface area contributed by atoms with Gasteiger partial charge in [-0.15, -0.1) is 11.8 Å². The molecule has 1 fully saturated rings. The standard InChI is InChI=1S/C37H47F2N5O2S/c1-25-9-10-30-28(22-25)29-8-4-5-15-35(29,2)37(30,34(46)41-24-36(3,38)39)16-6-7-19-44-20-13-27(14-21-44)42-32(45)31-23-47-33(43-31)26-11-17-40-18-12-26/h4-5,8-11,15,17,25,27,29,31,34,41,46H,6-7,13-14,16,19-24H2,1-3H3,(H,42,45). The Morgan fingerprint density at radius 3 is 2.81 bits per heavy atom. The second kappa shape index (κ2) is 13.9. The Bertz CT molecular complexity index is 1450. The van der Waals surface area contributed by atoms with Gasteiger partial charge in [-0.05, 0) is 62.3 Å². The number of likely N-dealkylation sites (tertiary alicyclic amines) is 1. The Morgan fingerprint density at radius 2 is 2.06 bits per heavy atom. The number of allylic oxidation sites excluding steroid dienone is 7. The van der Waals surface area contributed by atoms with Crippen molar-refractivity contribution in [2.75, 3.05) is 31.9 Å². The summed E-state index contributed by atoms with van der Waals surface area (Å²) in [7, 11) is 0. The fraction of sp³-hybridized carbons (Fsp3) is 0.595. The quantitative estimate of drug-likeness (QED) is 0.202. The molecule has 0 spiro atoms. The number of rotatable bonds is 12. The number of aliphatic hydroxyl groups is 1. The van der Waals surface area contributed by atoms with Gasteiger partial charge in [-0.2, -0.15) is 0 Å². The fourth-order valence-corrected chi connectivity index (χ4v) is 9.40. The van der Waals surface area contributed by atoms with Gasteiger partial charge in [-0.1, -0.05) is 62.3 Å². The number of halogens is 2. The molecule has 0 radical (unpaired) electrons. The maximum absolute atomic E-state index is 14.0. The van der Waals surface area contributed by atoms with Gasteiger partial charge in [-0.25, -0.2) is 13.8 Å². The molecule has 7 nitrogen and oxygen atoms in total. The molecule has 5 aliphatic rings. The van der Waals surface area contributed by atoms with E-state index in [1.165, 1.54) is 5.57 Å². The topological polar surface area (TPSA) is 89.9 Å². The highest BCUT2D eigenvalue weighted by Gasteiger charge is 2.62. The number of hydrogen-bond donors (Lipinski definition) is 3. The van der Waals surface area contributed by atoms with Gasteiger partial charge in [0.25, 0.3) is 5.92 Å². The number of nitrogens with one attached hydrogen (secondary N) is 2. The lowest BCUT2D eigenvalue weighted by Crippen LogP contribution is -2.56. The highest BCUT2D eigenvalue weighted by Crippen LogP contribution is 2.66. The first kappa shape index (κ1) is 34.0. The largest absolute Gasteiger partial charge is 0.378 e. The molecular formula is C37H47F2N5O2S. The molecule has 252 valence electrons. The average Bonchev–Trinajstić information content (AvgIpc) is 3.63. The average molecular weight is 664 g/mol. The molecule has 0 bridgehead atoms. The van der Waals surface area contributed by atoms with Crippen LogP contribution in [0.4, 0.5) is 8.78 Å². The van der Waals surface area contributed by atoms with Crippen LogP contribution < -0.4 is 10.6 Å². The highest BCUT2D eigenvalue weighted by molar-refractivity contribution is 8.14. The summed E-state index contributed by atoms with van der Waals surface area (Å²) < 4.78 is 28.0. The number of aromatic nitrogens is 1. The number of aliphatic hydroxyl groups excluding tert-OH is 1. The van der Waals surface area contributed by atoms with Crippen LogP contribution in [0.1, 0.15) is 64.9 Å². The van der Waals surface area contributed by atoms with Crippen LogP contribution in [0, 0.1) is 34.9 Å². The van der Waals surface area contributed by atoms with E-state index in [1.54, 1.807) is 18.0 Å². The SMILES string of the molecule is CC1C=CC2=C(C1)C1C=CC=CC1(C)C2(CCCCN1CCC(NC(=O)C2CSC(c3c#cncc3)=N2)CC1)C(O)NCC(C)(F)F. The van der Waals surface area contributed by atoms with Crippen LogP contribution in [0.5, 0.6) is 0 Å². The number of aliphatic imine (C=N–C) groups is 1. The zero-order chi connectivity index (χ0) is 33.2. The molecule has 3 heterocycles. The summed E-state index contributed by atoms with van der Waals surface area (Å²) in [6, 6.07) is 4.54. The third-order valence-corrected chi connectivity index (χ3v) is 11.9. The van der Waals surface area contributed by atoms with Crippen molar-refractivity contribution in [3.63, 3.8) is 0 Å². The van der Waals surface area contributed by atoms with Gasteiger partial charge in [0, 0.05) is 60.9 Å². The second-order valence-electron chi connectivity index (χ2n) is 14.2. The van der Waals surface area contributed by atoms with Crippen LogP contribution in [0.3, 0.4) is 0 Å². The predicted octanol–water partition coefficient (Wildman–Crippen LogP) is 5.50. The molecule has 2 aliphatic heterocycles. The number of amides is 1. The molecule has 1 aromatic rings. The molecule has 0 aromatic carbocycles. The third kappa shape index (κ3) is 7.01. The minimum absolute atomic E-state index is 0.0166. The van der Waals surface area contributed by atoms with E-state index in [2.05, 4.69) is 88.1 Å². The van der Waals surface area contributed by atoms with Gasteiger partial charge in [-0.3, -0.25) is 15.1 Å². The smallest absolute Gasteiger partial charge is 0.257 e. The first-order valence-electron chi connectivity index (χ1n) is 17.1. The van der Waals surface area contributed by atoms with E-state index in [0.29, 0.717) is 18.1 Å². The van der Waals surface area contributed by atoms with Crippen LogP contribution in [0.2, 0.25) is 0 Å². The van der Waals surface area contributed by atoms with Crippen molar-refractivity contribution in [1.82, 2.24) is 20.5 Å². The summed E-state index contributed by atoms with van der Waals surface area (Å²) in [6.45, 7) is 7.47. The number of piperidine rings is 1. The molecule has 1 amide bonds. The summed E-state index contributed by atoms with van der Waals surface area (Å²) in [6.07, 6.45) is 21.4. The van der Waals surface area contributed by atoms with Gasteiger partial charge >= 0.3 is 0 Å². The highest BCUT2D eigenvalue weighted by atomic mass is 32.2. The van der Waals surface area contributed by atoms with Gasteiger partial charge < -0.3 is 15.3 Å². The van der Waals surface area contributed by atoms with Crippen molar-refractivity contribution in [3.8, 4) is 0 Å². The minimum Gasteiger partial charge on any atom is -0.378 e. The lowest BCUT2D eigenvalue weighted by molar-refractivity contribution is -0.122. The van der Waals surface area contributed by atoms with Crippen LogP contribution >= 0.6 is 11.8 Å². The van der Waals surface area contributed by atoms with Gasteiger partial charge in [0.1, 0.15) is 17.3 Å². The van der Waals surface area contributed by atoms with Crippen molar-refractivity contribution < 1.29 is 18.7 Å². The Morgan fingerprint density at radius 1 is 1.26 bits per heavy atom. The lowest BCUT2D eigenvalue weighted by Gasteiger charge is -2.50. The molecule has 3 N–H and O–H groups in total. The third-order valence-electron chi connectivity index (χ3n) is 10.9. The second-order valence-corrected chi connectivity index (χ2v) is 15.3. The van der Waals surface area contributed by atoms with E-state index in [-0.39, 0.29) is 23.9 Å². The molecule has 6 atom stereocenters. The molecule has 3 aliphatic carbocycles. The normalized spacial score (nSPS) is 31.4. The van der Waals surface area contributed by atoms with E-state index in [0.717, 1.165) is 74.8 Å². The summed E-state index contributed by atoms with van der Waals surface area (Å²) in [5.74, 6) is -1.78. The number of hydrogen-bond acceptors (Lipinski definition) is 7. The lowest BCUT2D eigenvalue weighted by atomic mass is 9.56. The number of carbonyl (C=O) groups excluding carboxylic acids is 1. The Kier molecular flexibility index (Phi) is 10.1. The molecule has 1 saturated heterocycles. The van der Waals surface area contributed by atoms with Crippen molar-refractivity contribution in [2.24, 2.45) is 27.7 Å². The van der Waals surface area contributed by atoms with Gasteiger partial charge in [0.2, 0.25) is 5.91 Å². The Labute approximate surface area is 282 Å². The number of unbranched alkanes of at least 4 members (excludes halogenated alkanes) is 1. The summed E-state index contributed by atoms with van der Waals surface area (Å²) in [4.78, 5) is 23.9. The first-order chi connectivity index (χ1) is 22.5. The monoisotopic (exact) mass is 663 g/mol. The van der Waals surface area contributed by atoms with Crippen molar-refractivity contribution in [1.29, 1.82) is 0 Å². The van der Waals surface area contributed by atoms with E-state index in [9.17, 15) is 18.7 Å². The van der Waals surface area contributed by atoms with Gasteiger partial charge in [0.15, 0.2) is 0 Å². The molecule has 10 heteroatoms. The van der Waals surface area contributed by atoms with Crippen molar-refractivity contribution >= 4 is 22.7 Å². The first-order valence-corrected chi connectivity index (χ1v) is 18.0. The number of fused-ring (bicyclic) bond motifs is 2. The number of alkyl halides is 2. The maximum atomic E-state index is 14.0. The molecule has 1 aromatic heterocycles. The summed E-state index contributed by atoms with van der Waals surface area (Å²) in [5, 5.41) is 18.8. The maximum Gasteiger partial charge on any atom is 0.257 e. The number of nitrogens with zero attached hydrogens (tertiary/aromatic N) is 3. The molecular weight excluding hydrogens is 617 g/mol. The van der Waals surface area contributed by atoms with E-state index < -0.39 is 29.5 Å². The molecule has 0 saturated carbocycles. The van der Waals surface area contributed by atoms with E-state index in [4.69, 9.17) is 0 Å². The van der Waals surface area contributed by atoms with E-state index >= 15 is 0 Å². The van der Waals surface area contributed by atoms with Crippen molar-refractivity contribution in [2.45, 2.75) is 83.5 Å². The fourth-order valence-electron chi connectivity index (χ4n) is 8.38. The van der Waals surface area contributed by atoms with Crippen molar-refractivity contribution in [3.05, 3.63) is 77.7 Å². The van der Waals surface area contributed by atoms with Crippen LogP contribution in [0.25, 0.3) is 0 Å². The molecule has 6 unspecified atom stereocenters. The van der Waals surface area contributed by atoms with E-state index in [1.807, 2.05) is 6.07 Å². The predicted molar refractivity (Wildman–Crippen MR) is 183 cm³/mol. The zero-order valence-electron chi connectivity index (χ0n) is 27.6. The van der Waals surface area contributed by atoms with Gasteiger partial charge in [0.05, 0.1) is 12.1 Å². The minimum atomic E-state index is -2.92. The van der Waals surface area contributed by atoms with Crippen LogP contribution in [-0.4, -0.2) is 82.1 Å². The zero-order valence-corrected chi connectivity index (χ0v) is 28.5. The molecule has 47 heavy (non-hydrogen) atoms. The Balaban J connectivity index is 1.05. The summed E-state index contributed by atoms with van der Waals surface area (Å²) in [5.41, 5.74) is 2.14. The summed E-state index contributed by atoms with van der Waals surface area (Å²) >= 11 is 1.57. The van der Waals surface area contributed by atoms with Crippen LogP contribution in [0.15, 0.2) is 64.9 Å². The number of thioether (sulfide) groups is 1. The Hall–Kier alpha value is -2.84. The van der Waals surface area contributed by atoms with Crippen LogP contribution in [-0.2, 0) is 4.79 Å². The number of carbonyl (C=O) groups is 1.